The van der Waals surface area contributed by atoms with E-state index in [1.165, 1.54) is 0 Å². The van der Waals surface area contributed by atoms with Crippen LogP contribution < -0.4 is 9.47 Å². The van der Waals surface area contributed by atoms with E-state index < -0.39 is 0 Å². The Morgan fingerprint density at radius 3 is 2.71 bits per heavy atom. The van der Waals surface area contributed by atoms with Gasteiger partial charge in [0.2, 0.25) is 0 Å². The number of carbonyl (C=O) groups excluding carboxylic acids is 1. The molecule has 0 aliphatic rings. The van der Waals surface area contributed by atoms with Crippen LogP contribution in [0.4, 0.5) is 0 Å². The molecule has 4 aromatic rings. The number of hydrogen-bond acceptors (Lipinski definition) is 8. The topological polar surface area (TPSA) is 101 Å². The molecule has 0 atom stereocenters. The summed E-state index contributed by atoms with van der Waals surface area (Å²) in [5.74, 6) is 1.72. The highest BCUT2D eigenvalue weighted by molar-refractivity contribution is 7.07. The second kappa shape index (κ2) is 11.7. The van der Waals surface area contributed by atoms with Crippen molar-refractivity contribution >= 4 is 17.4 Å². The largest absolute Gasteiger partial charge is 0.497 e. The first-order chi connectivity index (χ1) is 17.1. The fraction of sp³-hybridized carbons (Fsp3) is 0.192. The molecule has 176 valence electrons. The summed E-state index contributed by atoms with van der Waals surface area (Å²) >= 11 is 1.15. The Hall–Kier alpha value is -4.29. The summed E-state index contributed by atoms with van der Waals surface area (Å²) < 4.78 is 15.5. The fourth-order valence-electron chi connectivity index (χ4n) is 3.44. The molecule has 0 saturated carbocycles. The first-order valence-electron chi connectivity index (χ1n) is 10.9. The third-order valence-corrected chi connectivity index (χ3v) is 5.74. The van der Waals surface area contributed by atoms with Gasteiger partial charge in [0.1, 0.15) is 11.5 Å². The van der Waals surface area contributed by atoms with Crippen molar-refractivity contribution in [3.05, 3.63) is 95.6 Å². The second-order valence-corrected chi connectivity index (χ2v) is 8.35. The Kier molecular flexibility index (Phi) is 7.99. The van der Waals surface area contributed by atoms with Gasteiger partial charge in [-0.15, -0.1) is 0 Å². The van der Waals surface area contributed by atoms with Gasteiger partial charge >= 0.3 is 0 Å². The minimum atomic E-state index is -0.189. The van der Waals surface area contributed by atoms with Crippen molar-refractivity contribution in [1.29, 1.82) is 5.26 Å². The Balaban J connectivity index is 1.45. The lowest BCUT2D eigenvalue weighted by Gasteiger charge is -2.22. The van der Waals surface area contributed by atoms with Gasteiger partial charge in [-0.3, -0.25) is 9.78 Å². The van der Waals surface area contributed by atoms with Crippen molar-refractivity contribution in [3.63, 3.8) is 0 Å². The van der Waals surface area contributed by atoms with Crippen LogP contribution in [0, 0.1) is 11.3 Å². The van der Waals surface area contributed by atoms with Crippen molar-refractivity contribution in [3.8, 4) is 22.8 Å². The van der Waals surface area contributed by atoms with Gasteiger partial charge in [0.05, 0.1) is 19.6 Å². The summed E-state index contributed by atoms with van der Waals surface area (Å²) in [4.78, 5) is 23.4. The highest BCUT2D eigenvalue weighted by atomic mass is 32.1. The number of rotatable bonds is 10. The quantitative estimate of drug-likeness (QED) is 0.315. The molecule has 8 nitrogen and oxygen atoms in total. The fourth-order valence-corrected chi connectivity index (χ4v) is 4.01. The summed E-state index contributed by atoms with van der Waals surface area (Å²) in [7, 11) is 1.63. The minimum absolute atomic E-state index is 0.189. The van der Waals surface area contributed by atoms with Crippen molar-refractivity contribution in [1.82, 2.24) is 19.2 Å². The molecule has 2 heterocycles. The molecule has 0 N–H and O–H groups in total. The second-order valence-electron chi connectivity index (χ2n) is 7.63. The zero-order valence-electron chi connectivity index (χ0n) is 19.1. The molecule has 0 radical (unpaired) electrons. The number of aromatic nitrogens is 3. The average molecular weight is 486 g/mol. The summed E-state index contributed by atoms with van der Waals surface area (Å²) in [6.45, 7) is 0.683. The van der Waals surface area contributed by atoms with E-state index in [-0.39, 0.29) is 12.3 Å². The van der Waals surface area contributed by atoms with E-state index in [4.69, 9.17) is 14.7 Å². The Labute approximate surface area is 207 Å². The maximum Gasteiger partial charge on any atom is 0.298 e. The van der Waals surface area contributed by atoms with Crippen LogP contribution in [0.3, 0.4) is 0 Å². The molecular weight excluding hydrogens is 462 g/mol. The molecule has 0 aliphatic carbocycles. The first kappa shape index (κ1) is 23.9. The maximum absolute atomic E-state index is 13.2. The molecule has 0 aliphatic heterocycles. The van der Waals surface area contributed by atoms with Gasteiger partial charge in [-0.1, -0.05) is 24.3 Å². The smallest absolute Gasteiger partial charge is 0.298 e. The molecule has 0 fully saturated rings. The number of carbonyl (C=O) groups is 1. The zero-order chi connectivity index (χ0) is 24.5. The van der Waals surface area contributed by atoms with Gasteiger partial charge in [0.15, 0.2) is 5.82 Å². The number of hydrogen-bond donors (Lipinski definition) is 0. The minimum Gasteiger partial charge on any atom is -0.497 e. The van der Waals surface area contributed by atoms with Crippen molar-refractivity contribution < 1.29 is 14.3 Å². The lowest BCUT2D eigenvalue weighted by molar-refractivity contribution is 0.0746. The molecule has 2 aromatic heterocycles. The van der Waals surface area contributed by atoms with Gasteiger partial charge in [-0.25, -0.2) is 0 Å². The van der Waals surface area contributed by atoms with Gasteiger partial charge < -0.3 is 14.4 Å². The number of pyridine rings is 1. The molecule has 4 rings (SSSR count). The molecule has 1 amide bonds. The summed E-state index contributed by atoms with van der Waals surface area (Å²) in [6.07, 6.45) is 4.19. The van der Waals surface area contributed by atoms with E-state index in [0.29, 0.717) is 41.8 Å². The number of benzene rings is 2. The Morgan fingerprint density at radius 2 is 1.91 bits per heavy atom. The zero-order valence-corrected chi connectivity index (χ0v) is 19.9. The highest BCUT2D eigenvalue weighted by Gasteiger charge is 2.17. The van der Waals surface area contributed by atoms with Gasteiger partial charge in [-0.2, -0.15) is 14.6 Å². The highest BCUT2D eigenvalue weighted by Crippen LogP contribution is 2.26. The SMILES string of the molecule is COc1cccc(Cc2nsc(Oc3cccc(C(=O)N(CCC#N)Cc4cccnc4)c3)n2)c1. The predicted octanol–water partition coefficient (Wildman–Crippen LogP) is 4.88. The van der Waals surface area contributed by atoms with E-state index in [9.17, 15) is 4.79 Å². The summed E-state index contributed by atoms with van der Waals surface area (Å²) in [5, 5.41) is 9.42. The third kappa shape index (κ3) is 6.62. The van der Waals surface area contributed by atoms with Crippen LogP contribution in [0.1, 0.15) is 33.7 Å². The molecule has 2 aromatic carbocycles. The van der Waals surface area contributed by atoms with E-state index in [0.717, 1.165) is 28.4 Å². The lowest BCUT2D eigenvalue weighted by atomic mass is 10.1. The molecule has 0 unspecified atom stereocenters. The maximum atomic E-state index is 13.2. The van der Waals surface area contributed by atoms with Crippen molar-refractivity contribution in [2.75, 3.05) is 13.7 Å². The average Bonchev–Trinajstić information content (AvgIpc) is 3.33. The van der Waals surface area contributed by atoms with E-state index in [2.05, 4.69) is 20.4 Å². The van der Waals surface area contributed by atoms with Crippen LogP contribution in [0.2, 0.25) is 0 Å². The number of methoxy groups -OCH3 is 1. The number of nitriles is 1. The van der Waals surface area contributed by atoms with Gasteiger partial charge in [0.25, 0.3) is 11.1 Å². The summed E-state index contributed by atoms with van der Waals surface area (Å²) in [5.41, 5.74) is 2.39. The molecular formula is C26H23N5O3S. The molecule has 0 bridgehead atoms. The Morgan fingerprint density at radius 1 is 1.09 bits per heavy atom. The number of nitrogens with zero attached hydrogens (tertiary/aromatic N) is 5. The molecule has 0 saturated heterocycles. The lowest BCUT2D eigenvalue weighted by Crippen LogP contribution is -2.31. The van der Waals surface area contributed by atoms with Crippen LogP contribution >= 0.6 is 11.5 Å². The summed E-state index contributed by atoms with van der Waals surface area (Å²) in [6, 6.07) is 20.5. The predicted molar refractivity (Wildman–Crippen MR) is 131 cm³/mol. The van der Waals surface area contributed by atoms with Gasteiger partial charge in [-0.05, 0) is 47.5 Å². The monoisotopic (exact) mass is 485 g/mol. The normalized spacial score (nSPS) is 10.4. The Bertz CT molecular complexity index is 1320. The van der Waals surface area contributed by atoms with E-state index >= 15 is 0 Å². The van der Waals surface area contributed by atoms with Crippen molar-refractivity contribution in [2.24, 2.45) is 0 Å². The van der Waals surface area contributed by atoms with Crippen molar-refractivity contribution in [2.45, 2.75) is 19.4 Å². The van der Waals surface area contributed by atoms with Crippen LogP contribution in [0.5, 0.6) is 16.7 Å². The van der Waals surface area contributed by atoms with Crippen LogP contribution in [-0.4, -0.2) is 38.8 Å². The van der Waals surface area contributed by atoms with Gasteiger partial charge in [0, 0.05) is 49.0 Å². The molecule has 35 heavy (non-hydrogen) atoms. The first-order valence-corrected chi connectivity index (χ1v) is 11.7. The third-order valence-electron chi connectivity index (χ3n) is 5.11. The van der Waals surface area contributed by atoms with Crippen LogP contribution in [0.25, 0.3) is 0 Å². The van der Waals surface area contributed by atoms with Crippen LogP contribution in [-0.2, 0) is 13.0 Å². The van der Waals surface area contributed by atoms with E-state index in [1.54, 1.807) is 48.7 Å². The molecule has 0 spiro atoms. The van der Waals surface area contributed by atoms with E-state index in [1.807, 2.05) is 36.4 Å². The number of ether oxygens (including phenoxy) is 2. The standard InChI is InChI=1S/C26H23N5O3S/c1-33-22-9-2-6-19(14-22)15-24-29-26(35-30-24)34-23-10-3-8-21(16-23)25(32)31(13-5-11-27)18-20-7-4-12-28-17-20/h2-4,6-10,12,14,16-17H,5,13,15,18H2,1H3. The number of amides is 1. The molecule has 9 heteroatoms. The van der Waals surface area contributed by atoms with Crippen LogP contribution in [0.15, 0.2) is 73.1 Å².